The first kappa shape index (κ1) is 15.5. The highest BCUT2D eigenvalue weighted by molar-refractivity contribution is 7.89. The van der Waals surface area contributed by atoms with Gasteiger partial charge in [-0.15, -0.1) is 0 Å². The fourth-order valence-electron chi connectivity index (χ4n) is 2.59. The lowest BCUT2D eigenvalue weighted by atomic mass is 9.96. The normalized spacial score (nSPS) is 20.1. The van der Waals surface area contributed by atoms with Crippen molar-refractivity contribution in [2.24, 2.45) is 0 Å². The fraction of sp³-hybridized carbons (Fsp3) is 0.125. The van der Waals surface area contributed by atoms with Crippen molar-refractivity contribution in [1.29, 1.82) is 0 Å². The van der Waals surface area contributed by atoms with E-state index in [0.29, 0.717) is 0 Å². The lowest BCUT2D eigenvalue weighted by Gasteiger charge is -2.31. The Balaban J connectivity index is 2.14. The third kappa shape index (κ3) is 2.38. The van der Waals surface area contributed by atoms with E-state index in [1.165, 1.54) is 43.4 Å². The van der Waals surface area contributed by atoms with E-state index in [2.05, 4.69) is 0 Å². The van der Waals surface area contributed by atoms with Crippen LogP contribution in [0.5, 0.6) is 0 Å². The summed E-state index contributed by atoms with van der Waals surface area (Å²) in [5.74, 6) is -2.01. The van der Waals surface area contributed by atoms with E-state index in [1.807, 2.05) is 0 Å². The van der Waals surface area contributed by atoms with Crippen LogP contribution in [-0.2, 0) is 10.0 Å². The van der Waals surface area contributed by atoms with Crippen LogP contribution in [0.15, 0.2) is 53.4 Å². The number of fused-ring (bicyclic) bond motifs is 1. The van der Waals surface area contributed by atoms with Crippen LogP contribution in [0.1, 0.15) is 20.7 Å². The van der Waals surface area contributed by atoms with E-state index in [4.69, 9.17) is 0 Å². The second-order valence-electron chi connectivity index (χ2n) is 5.16. The van der Waals surface area contributed by atoms with Gasteiger partial charge in [-0.2, -0.15) is 4.31 Å². The molecule has 0 bridgehead atoms. The van der Waals surface area contributed by atoms with Gasteiger partial charge in [-0.1, -0.05) is 24.3 Å². The van der Waals surface area contributed by atoms with E-state index >= 15 is 0 Å². The molecule has 0 amide bonds. The van der Waals surface area contributed by atoms with Crippen LogP contribution < -0.4 is 0 Å². The number of hydrogen-bond donors (Lipinski definition) is 0. The molecule has 0 N–H and O–H groups in total. The van der Waals surface area contributed by atoms with Gasteiger partial charge < -0.3 is 0 Å². The van der Waals surface area contributed by atoms with E-state index in [9.17, 15) is 22.4 Å². The number of Topliss-reactive ketones (excluding diaryl/α,β-unsaturated/α-hetero) is 2. The zero-order valence-corrected chi connectivity index (χ0v) is 12.9. The molecule has 0 spiro atoms. The lowest BCUT2D eigenvalue weighted by Crippen LogP contribution is -2.51. The second-order valence-corrected chi connectivity index (χ2v) is 7.12. The summed E-state index contributed by atoms with van der Waals surface area (Å²) in [6.45, 7) is 0. The third-order valence-electron chi connectivity index (χ3n) is 3.78. The van der Waals surface area contributed by atoms with Crippen LogP contribution in [0.25, 0.3) is 0 Å². The molecule has 1 unspecified atom stereocenters. The Morgan fingerprint density at radius 2 is 1.83 bits per heavy atom. The summed E-state index contributed by atoms with van der Waals surface area (Å²) in [5, 5.41) is 0. The van der Waals surface area contributed by atoms with Crippen molar-refractivity contribution in [2.75, 3.05) is 7.05 Å². The van der Waals surface area contributed by atoms with Crippen molar-refractivity contribution < 1.29 is 22.4 Å². The summed E-state index contributed by atoms with van der Waals surface area (Å²) in [4.78, 5) is 25.0. The smallest absolute Gasteiger partial charge is 0.244 e. The standard InChI is InChI=1S/C16H12FNO4S/c1-18-14(15(19)10-5-4-6-11(17)9-10)16(20)12-7-2-3-8-13(12)23(18,21)22/h2-9,14H,1H3. The molecule has 0 saturated heterocycles. The molecule has 118 valence electrons. The molecule has 2 aromatic rings. The lowest BCUT2D eigenvalue weighted by molar-refractivity contribution is 0.0784. The zero-order valence-electron chi connectivity index (χ0n) is 12.1. The van der Waals surface area contributed by atoms with Gasteiger partial charge in [0.05, 0.1) is 4.90 Å². The van der Waals surface area contributed by atoms with Crippen LogP contribution in [0, 0.1) is 5.82 Å². The highest BCUT2D eigenvalue weighted by atomic mass is 32.2. The Morgan fingerprint density at radius 3 is 2.52 bits per heavy atom. The molecule has 0 radical (unpaired) electrons. The van der Waals surface area contributed by atoms with Gasteiger partial charge >= 0.3 is 0 Å². The van der Waals surface area contributed by atoms with Gasteiger partial charge in [0.1, 0.15) is 5.82 Å². The van der Waals surface area contributed by atoms with Crippen molar-refractivity contribution in [3.05, 3.63) is 65.5 Å². The van der Waals surface area contributed by atoms with Crippen LogP contribution >= 0.6 is 0 Å². The molecule has 1 aliphatic rings. The number of rotatable bonds is 2. The predicted molar refractivity (Wildman–Crippen MR) is 80.2 cm³/mol. The number of nitrogens with zero attached hydrogens (tertiary/aromatic N) is 1. The molecule has 7 heteroatoms. The number of carbonyl (C=O) groups is 2. The van der Waals surface area contributed by atoms with Crippen LogP contribution in [-0.4, -0.2) is 37.4 Å². The summed E-state index contributed by atoms with van der Waals surface area (Å²) >= 11 is 0. The van der Waals surface area contributed by atoms with Gasteiger partial charge in [0.2, 0.25) is 10.0 Å². The first-order valence-corrected chi connectivity index (χ1v) is 8.19. The summed E-state index contributed by atoms with van der Waals surface area (Å²) in [5.41, 5.74) is -0.0786. The Bertz CT molecular complexity index is 923. The number of likely N-dealkylation sites (N-methyl/N-ethyl adjacent to an activating group) is 1. The fourth-order valence-corrected chi connectivity index (χ4v) is 4.06. The van der Waals surface area contributed by atoms with Gasteiger partial charge in [0, 0.05) is 18.2 Å². The molecule has 0 aliphatic carbocycles. The van der Waals surface area contributed by atoms with Crippen LogP contribution in [0.4, 0.5) is 4.39 Å². The number of sulfonamides is 1. The number of carbonyl (C=O) groups excluding carboxylic acids is 2. The summed E-state index contributed by atoms with van der Waals surface area (Å²) in [6, 6.07) is 9.02. The van der Waals surface area contributed by atoms with Crippen LogP contribution in [0.3, 0.4) is 0 Å². The molecular formula is C16H12FNO4S. The highest BCUT2D eigenvalue weighted by Crippen LogP contribution is 2.30. The van der Waals surface area contributed by atoms with Gasteiger partial charge in [-0.25, -0.2) is 12.8 Å². The predicted octanol–water partition coefficient (Wildman–Crippen LogP) is 1.89. The first-order chi connectivity index (χ1) is 10.8. The minimum Gasteiger partial charge on any atom is -0.292 e. The van der Waals surface area contributed by atoms with Gasteiger partial charge in [0.15, 0.2) is 17.6 Å². The van der Waals surface area contributed by atoms with Gasteiger partial charge in [0.25, 0.3) is 0 Å². The Labute approximate surface area is 132 Å². The number of benzene rings is 2. The first-order valence-electron chi connectivity index (χ1n) is 6.75. The molecule has 1 atom stereocenters. The zero-order chi connectivity index (χ0) is 16.8. The monoisotopic (exact) mass is 333 g/mol. The molecular weight excluding hydrogens is 321 g/mol. The largest absolute Gasteiger partial charge is 0.292 e. The third-order valence-corrected chi connectivity index (χ3v) is 5.66. The van der Waals surface area contributed by atoms with Crippen LogP contribution in [0.2, 0.25) is 0 Å². The molecule has 3 rings (SSSR count). The number of hydrogen-bond acceptors (Lipinski definition) is 4. The van der Waals surface area contributed by atoms with Crippen molar-refractivity contribution in [2.45, 2.75) is 10.9 Å². The Kier molecular flexibility index (Phi) is 3.62. The maximum atomic E-state index is 13.3. The molecule has 23 heavy (non-hydrogen) atoms. The summed E-state index contributed by atoms with van der Waals surface area (Å²) in [7, 11) is -2.80. The Hall–Kier alpha value is -2.38. The van der Waals surface area contributed by atoms with E-state index in [-0.39, 0.29) is 16.0 Å². The minimum absolute atomic E-state index is 0.0275. The molecule has 0 saturated carbocycles. The molecule has 1 aliphatic heterocycles. The van der Waals surface area contributed by atoms with E-state index in [1.54, 1.807) is 0 Å². The number of ketones is 2. The minimum atomic E-state index is -3.97. The highest BCUT2D eigenvalue weighted by Gasteiger charge is 2.45. The number of halogens is 1. The molecule has 1 heterocycles. The maximum Gasteiger partial charge on any atom is 0.244 e. The summed E-state index contributed by atoms with van der Waals surface area (Å²) in [6.07, 6.45) is 0. The van der Waals surface area contributed by atoms with Gasteiger partial charge in [-0.3, -0.25) is 9.59 Å². The van der Waals surface area contributed by atoms with Crippen molar-refractivity contribution in [3.63, 3.8) is 0 Å². The van der Waals surface area contributed by atoms with E-state index in [0.717, 1.165) is 16.4 Å². The quantitative estimate of drug-likeness (QED) is 0.621. The average Bonchev–Trinajstić information content (AvgIpc) is 2.53. The molecule has 0 aromatic heterocycles. The SMILES string of the molecule is CN1C(C(=O)c2cccc(F)c2)C(=O)c2ccccc2S1(=O)=O. The maximum absolute atomic E-state index is 13.3. The topological polar surface area (TPSA) is 71.5 Å². The average molecular weight is 333 g/mol. The van der Waals surface area contributed by atoms with Crippen molar-refractivity contribution >= 4 is 21.6 Å². The molecule has 5 nitrogen and oxygen atoms in total. The van der Waals surface area contributed by atoms with Crippen molar-refractivity contribution in [1.82, 2.24) is 4.31 Å². The van der Waals surface area contributed by atoms with Gasteiger partial charge in [-0.05, 0) is 24.3 Å². The Morgan fingerprint density at radius 1 is 1.13 bits per heavy atom. The second kappa shape index (κ2) is 5.36. The molecule has 0 fully saturated rings. The molecule has 2 aromatic carbocycles. The van der Waals surface area contributed by atoms with E-state index < -0.39 is 33.4 Å². The van der Waals surface area contributed by atoms with Crippen molar-refractivity contribution in [3.8, 4) is 0 Å². The summed E-state index contributed by atoms with van der Waals surface area (Å²) < 4.78 is 39.1.